The summed E-state index contributed by atoms with van der Waals surface area (Å²) in [6.07, 6.45) is 4.11. The Kier molecular flexibility index (Phi) is 5.24. The van der Waals surface area contributed by atoms with Crippen LogP contribution in [0.5, 0.6) is 5.75 Å². The summed E-state index contributed by atoms with van der Waals surface area (Å²) in [6, 6.07) is 11.7. The number of nitrogens with zero attached hydrogens (tertiary/aromatic N) is 3. The average molecular weight is 325 g/mol. The number of hydrogen-bond donors (Lipinski definition) is 2. The lowest BCUT2D eigenvalue weighted by Gasteiger charge is -2.07. The second-order valence-corrected chi connectivity index (χ2v) is 5.12. The molecular formula is C17H19N5O2. The van der Waals surface area contributed by atoms with E-state index in [4.69, 9.17) is 9.15 Å². The quantitative estimate of drug-likeness (QED) is 0.658. The van der Waals surface area contributed by atoms with Crippen LogP contribution >= 0.6 is 0 Å². The van der Waals surface area contributed by atoms with Gasteiger partial charge in [-0.05, 0) is 36.2 Å². The summed E-state index contributed by atoms with van der Waals surface area (Å²) < 4.78 is 10.4. The minimum atomic E-state index is 0.459. The highest BCUT2D eigenvalue weighted by Crippen LogP contribution is 2.12. The first kappa shape index (κ1) is 15.8. The Labute approximate surface area is 140 Å². The van der Waals surface area contributed by atoms with E-state index in [-0.39, 0.29) is 0 Å². The zero-order chi connectivity index (χ0) is 16.6. The van der Waals surface area contributed by atoms with Crippen molar-refractivity contribution in [2.45, 2.75) is 13.0 Å². The first-order valence-electron chi connectivity index (χ1n) is 7.66. The first-order chi connectivity index (χ1) is 11.8. The third-order valence-corrected chi connectivity index (χ3v) is 3.44. The number of aromatic nitrogens is 3. The number of anilines is 2. The lowest BCUT2D eigenvalue weighted by Crippen LogP contribution is -2.10. The summed E-state index contributed by atoms with van der Waals surface area (Å²) >= 11 is 0. The molecule has 0 spiro atoms. The van der Waals surface area contributed by atoms with E-state index in [0.29, 0.717) is 18.3 Å². The molecule has 2 aromatic heterocycles. The highest BCUT2D eigenvalue weighted by molar-refractivity contribution is 5.37. The Morgan fingerprint density at radius 3 is 2.75 bits per heavy atom. The summed E-state index contributed by atoms with van der Waals surface area (Å²) in [5, 5.41) is 14.2. The average Bonchev–Trinajstić information content (AvgIpc) is 3.15. The maximum absolute atomic E-state index is 5.25. The number of nitrogens with one attached hydrogen (secondary N) is 2. The van der Waals surface area contributed by atoms with Crippen molar-refractivity contribution in [1.82, 2.24) is 15.2 Å². The SMILES string of the molecule is COc1ccc(CCNc2cnnc(NCc3ccco3)n2)cc1. The van der Waals surface area contributed by atoms with Crippen LogP contribution in [0.15, 0.2) is 53.3 Å². The van der Waals surface area contributed by atoms with Crippen molar-refractivity contribution in [2.24, 2.45) is 0 Å². The standard InChI is InChI=1S/C17H19N5O2/c1-23-14-6-4-13(5-7-14)8-9-18-16-12-20-22-17(21-16)19-11-15-3-2-10-24-15/h2-7,10,12H,8-9,11H2,1H3,(H2,18,19,21,22). The van der Waals surface area contributed by atoms with Crippen LogP contribution in [0.4, 0.5) is 11.8 Å². The summed E-state index contributed by atoms with van der Waals surface area (Å²) in [5.41, 5.74) is 1.22. The molecule has 0 radical (unpaired) electrons. The van der Waals surface area contributed by atoms with Crippen molar-refractivity contribution in [2.75, 3.05) is 24.3 Å². The molecule has 0 aliphatic carbocycles. The van der Waals surface area contributed by atoms with E-state index >= 15 is 0 Å². The molecule has 0 aliphatic rings. The molecule has 7 nitrogen and oxygen atoms in total. The molecule has 124 valence electrons. The van der Waals surface area contributed by atoms with Gasteiger partial charge in [0.1, 0.15) is 11.5 Å². The molecule has 2 heterocycles. The monoisotopic (exact) mass is 325 g/mol. The van der Waals surface area contributed by atoms with Crippen molar-refractivity contribution in [1.29, 1.82) is 0 Å². The van der Waals surface area contributed by atoms with Gasteiger partial charge in [0, 0.05) is 6.54 Å². The van der Waals surface area contributed by atoms with Crippen LogP contribution in [-0.2, 0) is 13.0 Å². The van der Waals surface area contributed by atoms with Crippen LogP contribution in [-0.4, -0.2) is 28.8 Å². The summed E-state index contributed by atoms with van der Waals surface area (Å²) in [4.78, 5) is 4.37. The topological polar surface area (TPSA) is 85.1 Å². The van der Waals surface area contributed by atoms with Gasteiger partial charge in [-0.25, -0.2) is 0 Å². The lowest BCUT2D eigenvalue weighted by atomic mass is 10.1. The maximum atomic E-state index is 5.25. The molecule has 1 aromatic carbocycles. The van der Waals surface area contributed by atoms with Crippen molar-refractivity contribution in [3.8, 4) is 5.75 Å². The zero-order valence-corrected chi connectivity index (χ0v) is 13.4. The van der Waals surface area contributed by atoms with E-state index in [2.05, 4.69) is 37.9 Å². The van der Waals surface area contributed by atoms with E-state index in [1.54, 1.807) is 19.6 Å². The van der Waals surface area contributed by atoms with Crippen LogP contribution in [0, 0.1) is 0 Å². The molecule has 0 aliphatic heterocycles. The Balaban J connectivity index is 1.48. The maximum Gasteiger partial charge on any atom is 0.245 e. The van der Waals surface area contributed by atoms with E-state index in [0.717, 1.165) is 24.5 Å². The van der Waals surface area contributed by atoms with E-state index in [1.165, 1.54) is 5.56 Å². The summed E-state index contributed by atoms with van der Waals surface area (Å²) in [6.45, 7) is 1.27. The molecule has 24 heavy (non-hydrogen) atoms. The fourth-order valence-corrected chi connectivity index (χ4v) is 2.17. The van der Waals surface area contributed by atoms with Crippen LogP contribution < -0.4 is 15.4 Å². The predicted octanol–water partition coefficient (Wildman–Crippen LogP) is 2.74. The van der Waals surface area contributed by atoms with Crippen LogP contribution in [0.1, 0.15) is 11.3 Å². The third-order valence-electron chi connectivity index (χ3n) is 3.44. The fourth-order valence-electron chi connectivity index (χ4n) is 2.17. The molecule has 3 aromatic rings. The molecule has 0 saturated heterocycles. The largest absolute Gasteiger partial charge is 0.497 e. The van der Waals surface area contributed by atoms with Gasteiger partial charge in [0.15, 0.2) is 5.82 Å². The number of benzene rings is 1. The number of ether oxygens (including phenoxy) is 1. The molecule has 7 heteroatoms. The molecule has 0 amide bonds. The number of methoxy groups -OCH3 is 1. The number of hydrogen-bond acceptors (Lipinski definition) is 7. The lowest BCUT2D eigenvalue weighted by molar-refractivity contribution is 0.414. The highest BCUT2D eigenvalue weighted by Gasteiger charge is 2.02. The number of rotatable bonds is 8. The van der Waals surface area contributed by atoms with E-state index in [9.17, 15) is 0 Å². The Morgan fingerprint density at radius 2 is 2.00 bits per heavy atom. The predicted molar refractivity (Wildman–Crippen MR) is 91.0 cm³/mol. The molecule has 0 fully saturated rings. The molecule has 0 atom stereocenters. The van der Waals surface area contributed by atoms with Crippen molar-refractivity contribution >= 4 is 11.8 Å². The molecule has 0 bridgehead atoms. The summed E-state index contributed by atoms with van der Waals surface area (Å²) in [7, 11) is 1.66. The second kappa shape index (κ2) is 7.96. The molecule has 3 rings (SSSR count). The van der Waals surface area contributed by atoms with Crippen LogP contribution in [0.25, 0.3) is 0 Å². The van der Waals surface area contributed by atoms with Gasteiger partial charge in [0.2, 0.25) is 5.95 Å². The molecule has 0 unspecified atom stereocenters. The van der Waals surface area contributed by atoms with Crippen LogP contribution in [0.3, 0.4) is 0 Å². The first-order valence-corrected chi connectivity index (χ1v) is 7.66. The van der Waals surface area contributed by atoms with Crippen LogP contribution in [0.2, 0.25) is 0 Å². The minimum Gasteiger partial charge on any atom is -0.497 e. The normalized spacial score (nSPS) is 10.4. The van der Waals surface area contributed by atoms with E-state index in [1.807, 2.05) is 24.3 Å². The van der Waals surface area contributed by atoms with Gasteiger partial charge in [-0.2, -0.15) is 10.1 Å². The number of furan rings is 1. The second-order valence-electron chi connectivity index (χ2n) is 5.12. The van der Waals surface area contributed by atoms with Gasteiger partial charge in [-0.3, -0.25) is 0 Å². The Hall–Kier alpha value is -3.09. The molecular weight excluding hydrogens is 306 g/mol. The third kappa shape index (κ3) is 4.45. The van der Waals surface area contributed by atoms with Gasteiger partial charge in [0.05, 0.1) is 26.1 Å². The van der Waals surface area contributed by atoms with Crippen molar-refractivity contribution in [3.05, 3.63) is 60.2 Å². The summed E-state index contributed by atoms with van der Waals surface area (Å²) in [5.74, 6) is 2.82. The Bertz CT molecular complexity index is 744. The smallest absolute Gasteiger partial charge is 0.245 e. The van der Waals surface area contributed by atoms with Gasteiger partial charge in [-0.15, -0.1) is 5.10 Å². The molecule has 0 saturated carbocycles. The molecule has 2 N–H and O–H groups in total. The fraction of sp³-hybridized carbons (Fsp3) is 0.235. The zero-order valence-electron chi connectivity index (χ0n) is 13.4. The van der Waals surface area contributed by atoms with Gasteiger partial charge >= 0.3 is 0 Å². The van der Waals surface area contributed by atoms with Gasteiger partial charge < -0.3 is 19.8 Å². The van der Waals surface area contributed by atoms with Crippen molar-refractivity contribution < 1.29 is 9.15 Å². The highest BCUT2D eigenvalue weighted by atomic mass is 16.5. The van der Waals surface area contributed by atoms with Crippen molar-refractivity contribution in [3.63, 3.8) is 0 Å². The Morgan fingerprint density at radius 1 is 1.12 bits per heavy atom. The van der Waals surface area contributed by atoms with Gasteiger partial charge in [0.25, 0.3) is 0 Å². The minimum absolute atomic E-state index is 0.459. The van der Waals surface area contributed by atoms with E-state index < -0.39 is 0 Å². The van der Waals surface area contributed by atoms with Gasteiger partial charge in [-0.1, -0.05) is 12.1 Å².